The molecule has 0 aliphatic rings. The number of hydrogen-bond donors (Lipinski definition) is 2. The molecule has 0 spiro atoms. The highest BCUT2D eigenvalue weighted by atomic mass is 32.2. The van der Waals surface area contributed by atoms with Gasteiger partial charge in [0.2, 0.25) is 10.0 Å². The normalized spacial score (nSPS) is 11.7. The van der Waals surface area contributed by atoms with Gasteiger partial charge in [-0.2, -0.15) is 5.10 Å². The van der Waals surface area contributed by atoms with E-state index in [1.165, 1.54) is 18.4 Å². The van der Waals surface area contributed by atoms with Gasteiger partial charge in [0.05, 0.1) is 21.2 Å². The van der Waals surface area contributed by atoms with Gasteiger partial charge in [-0.25, -0.2) is 13.1 Å². The molecule has 2 aromatic carbocycles. The van der Waals surface area contributed by atoms with Gasteiger partial charge in [-0.05, 0) is 48.4 Å². The topological polar surface area (TPSA) is 74.8 Å². The zero-order valence-electron chi connectivity index (χ0n) is 18.8. The van der Waals surface area contributed by atoms with E-state index >= 15 is 0 Å². The number of sulfonamides is 1. The molecule has 0 aliphatic heterocycles. The number of aryl methyl sites for hydroxylation is 1. The fraction of sp³-hybridized carbons (Fsp3) is 0.269. The van der Waals surface area contributed by atoms with Crippen LogP contribution in [-0.2, 0) is 22.9 Å². The van der Waals surface area contributed by atoms with Crippen LogP contribution < -0.4 is 4.72 Å². The minimum atomic E-state index is -3.58. The van der Waals surface area contributed by atoms with Crippen LogP contribution in [0, 0.1) is 0 Å². The summed E-state index contributed by atoms with van der Waals surface area (Å²) >= 11 is 1.63. The van der Waals surface area contributed by atoms with Crippen molar-refractivity contribution < 1.29 is 8.42 Å². The van der Waals surface area contributed by atoms with Crippen molar-refractivity contribution >= 4 is 21.4 Å². The number of nitrogens with one attached hydrogen (secondary N) is 2. The van der Waals surface area contributed by atoms with Crippen LogP contribution in [0.15, 0.2) is 77.0 Å². The molecule has 0 saturated carbocycles. The third kappa shape index (κ3) is 5.79. The Morgan fingerprint density at radius 3 is 2.42 bits per heavy atom. The Morgan fingerprint density at radius 1 is 0.939 bits per heavy atom. The molecule has 2 N–H and O–H groups in total. The zero-order valence-corrected chi connectivity index (χ0v) is 20.4. The summed E-state index contributed by atoms with van der Waals surface area (Å²) in [6, 6.07) is 21.3. The molecule has 0 radical (unpaired) electrons. The fourth-order valence-electron chi connectivity index (χ4n) is 3.88. The van der Waals surface area contributed by atoms with Crippen LogP contribution in [-0.4, -0.2) is 25.2 Å². The maximum atomic E-state index is 12.9. The standard InChI is InChI=1S/C26H29N3O2S2/c1-2-3-5-9-20-13-15-22(16-14-20)33(30,31)27-18-17-23-25(21-10-6-4-7-11-21)28-29-26(23)24-12-8-19-32-24/h4,6-8,10-16,19,27H,2-3,5,9,17-18H2,1H3,(H,28,29). The number of aromatic amines is 1. The molecular weight excluding hydrogens is 450 g/mol. The van der Waals surface area contributed by atoms with Gasteiger partial charge in [-0.3, -0.25) is 5.10 Å². The summed E-state index contributed by atoms with van der Waals surface area (Å²) in [5.74, 6) is 0. The van der Waals surface area contributed by atoms with Crippen LogP contribution in [0.3, 0.4) is 0 Å². The summed E-state index contributed by atoms with van der Waals surface area (Å²) in [6.45, 7) is 2.47. The Bertz CT molecular complexity index is 1250. The van der Waals surface area contributed by atoms with Gasteiger partial charge < -0.3 is 0 Å². The fourth-order valence-corrected chi connectivity index (χ4v) is 5.66. The van der Waals surface area contributed by atoms with E-state index in [1.807, 2.05) is 60.0 Å². The smallest absolute Gasteiger partial charge is 0.240 e. The van der Waals surface area contributed by atoms with E-state index in [0.717, 1.165) is 40.2 Å². The SMILES string of the molecule is CCCCCc1ccc(S(=O)(=O)NCCc2c(-c3ccccc3)n[nH]c2-c2cccs2)cc1. The Morgan fingerprint density at radius 2 is 1.73 bits per heavy atom. The van der Waals surface area contributed by atoms with Crippen LogP contribution >= 0.6 is 11.3 Å². The van der Waals surface area contributed by atoms with Gasteiger partial charge in [-0.15, -0.1) is 11.3 Å². The quantitative estimate of drug-likeness (QED) is 0.257. The van der Waals surface area contributed by atoms with Gasteiger partial charge >= 0.3 is 0 Å². The van der Waals surface area contributed by atoms with E-state index in [2.05, 4.69) is 21.8 Å². The molecule has 7 heteroatoms. The van der Waals surface area contributed by atoms with Gasteiger partial charge in [0, 0.05) is 17.7 Å². The van der Waals surface area contributed by atoms with Crippen molar-refractivity contribution in [2.45, 2.75) is 43.9 Å². The molecule has 0 saturated heterocycles. The third-order valence-electron chi connectivity index (χ3n) is 5.65. The van der Waals surface area contributed by atoms with Gasteiger partial charge in [0.25, 0.3) is 0 Å². The minimum absolute atomic E-state index is 0.290. The van der Waals surface area contributed by atoms with Crippen molar-refractivity contribution in [1.29, 1.82) is 0 Å². The Hall–Kier alpha value is -2.74. The van der Waals surface area contributed by atoms with Crippen molar-refractivity contribution in [2.24, 2.45) is 0 Å². The molecule has 2 heterocycles. The van der Waals surface area contributed by atoms with E-state index < -0.39 is 10.0 Å². The summed E-state index contributed by atoms with van der Waals surface area (Å²) in [4.78, 5) is 1.39. The van der Waals surface area contributed by atoms with Crippen molar-refractivity contribution in [3.05, 3.63) is 83.2 Å². The molecule has 5 nitrogen and oxygen atoms in total. The molecule has 0 unspecified atom stereocenters. The van der Waals surface area contributed by atoms with E-state index in [-0.39, 0.29) is 0 Å². The number of aromatic nitrogens is 2. The number of hydrogen-bond acceptors (Lipinski definition) is 4. The van der Waals surface area contributed by atoms with Crippen molar-refractivity contribution in [1.82, 2.24) is 14.9 Å². The lowest BCUT2D eigenvalue weighted by Gasteiger charge is -2.09. The number of thiophene rings is 1. The molecule has 0 atom stereocenters. The second-order valence-corrected chi connectivity index (χ2v) is 10.7. The lowest BCUT2D eigenvalue weighted by atomic mass is 10.0. The van der Waals surface area contributed by atoms with Gasteiger partial charge in [0.15, 0.2) is 0 Å². The maximum Gasteiger partial charge on any atom is 0.240 e. The van der Waals surface area contributed by atoms with E-state index in [0.29, 0.717) is 17.9 Å². The molecule has 0 amide bonds. The largest absolute Gasteiger partial charge is 0.276 e. The summed E-state index contributed by atoms with van der Waals surface area (Å²) in [5, 5.41) is 9.75. The average molecular weight is 480 g/mol. The Kier molecular flexibility index (Phi) is 7.75. The van der Waals surface area contributed by atoms with Crippen LogP contribution in [0.1, 0.15) is 37.3 Å². The second-order valence-electron chi connectivity index (χ2n) is 8.02. The molecule has 0 bridgehead atoms. The molecule has 4 aromatic rings. The second kappa shape index (κ2) is 10.9. The molecular formula is C26H29N3O2S2. The first-order valence-electron chi connectivity index (χ1n) is 11.3. The summed E-state index contributed by atoms with van der Waals surface area (Å²) in [7, 11) is -3.58. The lowest BCUT2D eigenvalue weighted by molar-refractivity contribution is 0.581. The number of H-pyrrole nitrogens is 1. The van der Waals surface area contributed by atoms with E-state index in [4.69, 9.17) is 0 Å². The molecule has 2 aromatic heterocycles. The predicted octanol–water partition coefficient (Wildman–Crippen LogP) is 6.06. The summed E-state index contributed by atoms with van der Waals surface area (Å²) in [5.41, 5.74) is 4.99. The van der Waals surface area contributed by atoms with E-state index in [1.54, 1.807) is 23.5 Å². The minimum Gasteiger partial charge on any atom is -0.276 e. The zero-order chi connectivity index (χ0) is 23.1. The van der Waals surface area contributed by atoms with Crippen molar-refractivity contribution in [3.63, 3.8) is 0 Å². The lowest BCUT2D eigenvalue weighted by Crippen LogP contribution is -2.26. The highest BCUT2D eigenvalue weighted by Crippen LogP contribution is 2.32. The first-order chi connectivity index (χ1) is 16.1. The van der Waals surface area contributed by atoms with Crippen LogP contribution in [0.25, 0.3) is 21.8 Å². The van der Waals surface area contributed by atoms with Crippen LogP contribution in [0.4, 0.5) is 0 Å². The number of rotatable bonds is 11. The highest BCUT2D eigenvalue weighted by molar-refractivity contribution is 7.89. The van der Waals surface area contributed by atoms with Crippen LogP contribution in [0.2, 0.25) is 0 Å². The van der Waals surface area contributed by atoms with Crippen LogP contribution in [0.5, 0.6) is 0 Å². The summed E-state index contributed by atoms with van der Waals surface area (Å²) < 4.78 is 28.5. The monoisotopic (exact) mass is 479 g/mol. The van der Waals surface area contributed by atoms with E-state index in [9.17, 15) is 8.42 Å². The average Bonchev–Trinajstić information content (AvgIpc) is 3.50. The van der Waals surface area contributed by atoms with Gasteiger partial charge in [-0.1, -0.05) is 68.3 Å². The van der Waals surface area contributed by atoms with Crippen molar-refractivity contribution in [3.8, 4) is 21.8 Å². The Labute approximate surface area is 200 Å². The molecule has 0 fully saturated rings. The molecule has 33 heavy (non-hydrogen) atoms. The summed E-state index contributed by atoms with van der Waals surface area (Å²) in [6.07, 6.45) is 5.00. The third-order valence-corrected chi connectivity index (χ3v) is 8.02. The first kappa shape index (κ1) is 23.4. The first-order valence-corrected chi connectivity index (χ1v) is 13.7. The highest BCUT2D eigenvalue weighted by Gasteiger charge is 2.19. The van der Waals surface area contributed by atoms with Crippen molar-refractivity contribution in [2.75, 3.05) is 6.54 Å². The molecule has 0 aliphatic carbocycles. The number of benzene rings is 2. The van der Waals surface area contributed by atoms with Gasteiger partial charge in [0.1, 0.15) is 0 Å². The molecule has 172 valence electrons. The molecule has 4 rings (SSSR count). The maximum absolute atomic E-state index is 12.9. The number of unbranched alkanes of at least 4 members (excludes halogenated alkanes) is 2. The number of nitrogens with zero attached hydrogens (tertiary/aromatic N) is 1. The predicted molar refractivity (Wildman–Crippen MR) is 136 cm³/mol. The Balaban J connectivity index is 1.48.